The number of nitrogens with two attached hydrogens (primary N) is 1. The van der Waals surface area contributed by atoms with Gasteiger partial charge in [0.15, 0.2) is 0 Å². The van der Waals surface area contributed by atoms with E-state index in [0.29, 0.717) is 12.5 Å². The molecular formula is C14H32N4O. The maximum absolute atomic E-state index is 11.0. The Bertz CT molecular complexity index is 219. The lowest BCUT2D eigenvalue weighted by atomic mass is 10.4. The molecular weight excluding hydrogens is 240 g/mol. The summed E-state index contributed by atoms with van der Waals surface area (Å²) in [5.41, 5.74) is 5.31. The van der Waals surface area contributed by atoms with E-state index in [1.165, 1.54) is 6.54 Å². The minimum Gasteiger partial charge on any atom is -0.343 e. The van der Waals surface area contributed by atoms with Crippen LogP contribution in [0, 0.1) is 0 Å². The molecule has 1 rings (SSSR count). The maximum atomic E-state index is 11.0. The third kappa shape index (κ3) is 8.97. The van der Waals surface area contributed by atoms with Crippen LogP contribution in [-0.4, -0.2) is 68.6 Å². The Hall–Kier alpha value is -0.650. The molecule has 1 fully saturated rings. The SMILES string of the molecule is CCN(CC)CCNC.NCCCN1CCCC1=O. The molecule has 0 spiro atoms. The van der Waals surface area contributed by atoms with Gasteiger partial charge in [-0.3, -0.25) is 4.79 Å². The highest BCUT2D eigenvalue weighted by molar-refractivity contribution is 5.77. The van der Waals surface area contributed by atoms with Gasteiger partial charge in [0.1, 0.15) is 0 Å². The van der Waals surface area contributed by atoms with Crippen LogP contribution in [0.25, 0.3) is 0 Å². The van der Waals surface area contributed by atoms with Crippen molar-refractivity contribution in [2.75, 3.05) is 52.9 Å². The number of nitrogens with zero attached hydrogens (tertiary/aromatic N) is 2. The Balaban J connectivity index is 0.000000344. The number of carbonyl (C=O) groups excluding carboxylic acids is 1. The van der Waals surface area contributed by atoms with Crippen molar-refractivity contribution < 1.29 is 4.79 Å². The Kier molecular flexibility index (Phi) is 12.0. The molecule has 5 nitrogen and oxygen atoms in total. The molecule has 0 radical (unpaired) electrons. The molecule has 0 atom stereocenters. The van der Waals surface area contributed by atoms with Crippen molar-refractivity contribution in [2.45, 2.75) is 33.1 Å². The molecule has 1 aliphatic rings. The van der Waals surface area contributed by atoms with Crippen molar-refractivity contribution in [3.8, 4) is 0 Å². The number of likely N-dealkylation sites (N-methyl/N-ethyl adjacent to an activating group) is 2. The number of hydrogen-bond donors (Lipinski definition) is 2. The second-order valence-corrected chi connectivity index (χ2v) is 4.76. The molecule has 114 valence electrons. The van der Waals surface area contributed by atoms with Gasteiger partial charge in [-0.1, -0.05) is 13.8 Å². The zero-order chi connectivity index (χ0) is 14.5. The van der Waals surface area contributed by atoms with E-state index >= 15 is 0 Å². The third-order valence-corrected chi connectivity index (χ3v) is 3.38. The summed E-state index contributed by atoms with van der Waals surface area (Å²) >= 11 is 0. The van der Waals surface area contributed by atoms with E-state index in [0.717, 1.165) is 52.0 Å². The predicted octanol–water partition coefficient (Wildman–Crippen LogP) is 0.505. The first-order valence-electron chi connectivity index (χ1n) is 7.54. The molecule has 1 heterocycles. The van der Waals surface area contributed by atoms with Crippen LogP contribution >= 0.6 is 0 Å². The van der Waals surface area contributed by atoms with Gasteiger partial charge < -0.3 is 20.9 Å². The fraction of sp³-hybridized carbons (Fsp3) is 0.929. The standard InChI is InChI=1S/C7H14N2O.C7H18N2/c8-4-2-6-9-5-1-3-7(9)10;1-4-9(5-2)7-6-8-3/h1-6,8H2;8H,4-7H2,1-3H3. The lowest BCUT2D eigenvalue weighted by Gasteiger charge is -2.16. The fourth-order valence-corrected chi connectivity index (χ4v) is 2.03. The van der Waals surface area contributed by atoms with Gasteiger partial charge in [0.25, 0.3) is 0 Å². The minimum absolute atomic E-state index is 0.299. The summed E-state index contributed by atoms with van der Waals surface area (Å²) in [4.78, 5) is 15.3. The summed E-state index contributed by atoms with van der Waals surface area (Å²) in [5.74, 6) is 0.299. The molecule has 0 aromatic carbocycles. The molecule has 19 heavy (non-hydrogen) atoms. The first-order valence-corrected chi connectivity index (χ1v) is 7.54. The van der Waals surface area contributed by atoms with Crippen LogP contribution in [0.1, 0.15) is 33.1 Å². The van der Waals surface area contributed by atoms with Crippen LogP contribution in [0.3, 0.4) is 0 Å². The van der Waals surface area contributed by atoms with Crippen molar-refractivity contribution in [1.29, 1.82) is 0 Å². The quantitative estimate of drug-likeness (QED) is 0.676. The van der Waals surface area contributed by atoms with Gasteiger partial charge in [-0.05, 0) is 39.5 Å². The lowest BCUT2D eigenvalue weighted by Crippen LogP contribution is -2.30. The van der Waals surface area contributed by atoms with Gasteiger partial charge in [-0.2, -0.15) is 0 Å². The Morgan fingerprint density at radius 1 is 1.37 bits per heavy atom. The summed E-state index contributed by atoms with van der Waals surface area (Å²) in [6.07, 6.45) is 2.71. The third-order valence-electron chi connectivity index (χ3n) is 3.38. The summed E-state index contributed by atoms with van der Waals surface area (Å²) in [6, 6.07) is 0. The predicted molar refractivity (Wildman–Crippen MR) is 81.2 cm³/mol. The van der Waals surface area contributed by atoms with Gasteiger partial charge >= 0.3 is 0 Å². The summed E-state index contributed by atoms with van der Waals surface area (Å²) in [7, 11) is 1.99. The number of rotatable bonds is 8. The van der Waals surface area contributed by atoms with E-state index in [1.54, 1.807) is 0 Å². The number of hydrogen-bond acceptors (Lipinski definition) is 4. The van der Waals surface area contributed by atoms with Gasteiger partial charge in [0.05, 0.1) is 0 Å². The van der Waals surface area contributed by atoms with Crippen LogP contribution in [0.4, 0.5) is 0 Å². The minimum atomic E-state index is 0.299. The summed E-state index contributed by atoms with van der Waals surface area (Å²) in [6.45, 7) is 11.5. The first kappa shape index (κ1) is 18.4. The van der Waals surface area contributed by atoms with Gasteiger partial charge in [-0.15, -0.1) is 0 Å². The molecule has 1 aliphatic heterocycles. The molecule has 0 unspecified atom stereocenters. The Morgan fingerprint density at radius 2 is 2.05 bits per heavy atom. The maximum Gasteiger partial charge on any atom is 0.222 e. The highest BCUT2D eigenvalue weighted by Crippen LogP contribution is 2.08. The van der Waals surface area contributed by atoms with E-state index in [2.05, 4.69) is 24.1 Å². The van der Waals surface area contributed by atoms with Crippen LogP contribution in [-0.2, 0) is 4.79 Å². The number of likely N-dealkylation sites (tertiary alicyclic amines) is 1. The highest BCUT2D eigenvalue weighted by Gasteiger charge is 2.18. The van der Waals surface area contributed by atoms with E-state index in [-0.39, 0.29) is 0 Å². The van der Waals surface area contributed by atoms with Crippen molar-refractivity contribution in [3.63, 3.8) is 0 Å². The van der Waals surface area contributed by atoms with Gasteiger partial charge in [-0.25, -0.2) is 0 Å². The Labute approximate surface area is 118 Å². The molecule has 1 saturated heterocycles. The topological polar surface area (TPSA) is 61.6 Å². The first-order chi connectivity index (χ1) is 9.19. The monoisotopic (exact) mass is 272 g/mol. The smallest absolute Gasteiger partial charge is 0.222 e. The zero-order valence-corrected chi connectivity index (χ0v) is 13.0. The fourth-order valence-electron chi connectivity index (χ4n) is 2.03. The molecule has 3 N–H and O–H groups in total. The van der Waals surface area contributed by atoms with Crippen LogP contribution in [0.2, 0.25) is 0 Å². The van der Waals surface area contributed by atoms with E-state index < -0.39 is 0 Å². The van der Waals surface area contributed by atoms with E-state index in [4.69, 9.17) is 5.73 Å². The highest BCUT2D eigenvalue weighted by atomic mass is 16.2. The molecule has 0 saturated carbocycles. The van der Waals surface area contributed by atoms with Crippen molar-refractivity contribution in [1.82, 2.24) is 15.1 Å². The lowest BCUT2D eigenvalue weighted by molar-refractivity contribution is -0.127. The molecule has 1 amide bonds. The molecule has 5 heteroatoms. The van der Waals surface area contributed by atoms with Crippen molar-refractivity contribution in [3.05, 3.63) is 0 Å². The molecule has 0 aromatic rings. The molecule has 0 bridgehead atoms. The van der Waals surface area contributed by atoms with E-state index in [1.807, 2.05) is 11.9 Å². The van der Waals surface area contributed by atoms with E-state index in [9.17, 15) is 4.79 Å². The van der Waals surface area contributed by atoms with Gasteiger partial charge in [0, 0.05) is 32.6 Å². The largest absolute Gasteiger partial charge is 0.343 e. The van der Waals surface area contributed by atoms with Gasteiger partial charge in [0.2, 0.25) is 5.91 Å². The Morgan fingerprint density at radius 3 is 2.47 bits per heavy atom. The number of nitrogens with one attached hydrogen (secondary N) is 1. The van der Waals surface area contributed by atoms with Crippen LogP contribution < -0.4 is 11.1 Å². The van der Waals surface area contributed by atoms with Crippen molar-refractivity contribution in [2.24, 2.45) is 5.73 Å². The van der Waals surface area contributed by atoms with Crippen LogP contribution in [0.5, 0.6) is 0 Å². The average Bonchev–Trinajstić information content (AvgIpc) is 2.84. The number of amides is 1. The van der Waals surface area contributed by atoms with Crippen LogP contribution in [0.15, 0.2) is 0 Å². The second-order valence-electron chi connectivity index (χ2n) is 4.76. The van der Waals surface area contributed by atoms with Crippen molar-refractivity contribution >= 4 is 5.91 Å². The summed E-state index contributed by atoms with van der Waals surface area (Å²) < 4.78 is 0. The average molecular weight is 272 g/mol. The normalized spacial score (nSPS) is 14.8. The summed E-state index contributed by atoms with van der Waals surface area (Å²) in [5, 5.41) is 3.13. The molecule has 0 aliphatic carbocycles. The second kappa shape index (κ2) is 12.4. The molecule has 0 aromatic heterocycles. The zero-order valence-electron chi connectivity index (χ0n) is 13.0. The number of carbonyl (C=O) groups is 1.